The highest BCUT2D eigenvalue weighted by molar-refractivity contribution is 6.84. The summed E-state index contributed by atoms with van der Waals surface area (Å²) < 4.78 is 0. The highest BCUT2D eigenvalue weighted by Crippen LogP contribution is 2.37. The quantitative estimate of drug-likeness (QED) is 0.664. The van der Waals surface area contributed by atoms with Crippen LogP contribution >= 0.6 is 0 Å². The van der Waals surface area contributed by atoms with Gasteiger partial charge >= 0.3 is 0 Å². The maximum atomic E-state index is 3.69. The maximum absolute atomic E-state index is 3.69. The SMILES string of the molecule is Cc1cccc(C)c1C1C=C(CC(C)(C)C)C([Si](C)(C)C)=CN1. The number of hydrogen-bond acceptors (Lipinski definition) is 1. The van der Waals surface area contributed by atoms with Gasteiger partial charge in [0, 0.05) is 0 Å². The normalized spacial score (nSPS) is 19.0. The Morgan fingerprint density at radius 1 is 1.04 bits per heavy atom. The second-order valence-corrected chi connectivity index (χ2v) is 14.2. The van der Waals surface area contributed by atoms with Gasteiger partial charge in [0.25, 0.3) is 0 Å². The first kappa shape index (κ1) is 18.1. The zero-order valence-electron chi connectivity index (χ0n) is 16.2. The van der Waals surface area contributed by atoms with Gasteiger partial charge in [-0.05, 0) is 59.3 Å². The molecule has 1 aromatic rings. The van der Waals surface area contributed by atoms with Crippen molar-refractivity contribution < 1.29 is 0 Å². The van der Waals surface area contributed by atoms with Gasteiger partial charge in [0.1, 0.15) is 0 Å². The van der Waals surface area contributed by atoms with Gasteiger partial charge in [-0.3, -0.25) is 0 Å². The van der Waals surface area contributed by atoms with Crippen LogP contribution in [0, 0.1) is 19.3 Å². The molecule has 1 aliphatic rings. The van der Waals surface area contributed by atoms with Crippen LogP contribution in [-0.4, -0.2) is 8.07 Å². The lowest BCUT2D eigenvalue weighted by Crippen LogP contribution is -2.32. The van der Waals surface area contributed by atoms with Crippen LogP contribution in [0.4, 0.5) is 0 Å². The van der Waals surface area contributed by atoms with Gasteiger partial charge in [-0.15, -0.1) is 0 Å². The van der Waals surface area contributed by atoms with E-state index < -0.39 is 8.07 Å². The molecule has 0 fully saturated rings. The molecule has 0 saturated carbocycles. The summed E-state index contributed by atoms with van der Waals surface area (Å²) in [5, 5.41) is 5.26. The zero-order chi connectivity index (χ0) is 17.4. The Morgan fingerprint density at radius 2 is 1.61 bits per heavy atom. The molecule has 1 unspecified atom stereocenters. The van der Waals surface area contributed by atoms with E-state index in [1.54, 1.807) is 10.8 Å². The Hall–Kier alpha value is -1.28. The molecule has 2 heteroatoms. The third-order valence-corrected chi connectivity index (χ3v) is 6.58. The maximum Gasteiger partial charge on any atom is 0.0798 e. The Labute approximate surface area is 143 Å². The molecule has 1 aromatic carbocycles. The molecule has 0 amide bonds. The van der Waals surface area contributed by atoms with Gasteiger partial charge in [-0.25, -0.2) is 0 Å². The lowest BCUT2D eigenvalue weighted by atomic mass is 9.85. The van der Waals surface area contributed by atoms with E-state index >= 15 is 0 Å². The van der Waals surface area contributed by atoms with Crippen molar-refractivity contribution in [3.63, 3.8) is 0 Å². The summed E-state index contributed by atoms with van der Waals surface area (Å²) in [5.41, 5.74) is 6.05. The van der Waals surface area contributed by atoms with Gasteiger partial charge in [-0.2, -0.15) is 0 Å². The fourth-order valence-electron chi connectivity index (χ4n) is 3.51. The highest BCUT2D eigenvalue weighted by Gasteiger charge is 2.29. The van der Waals surface area contributed by atoms with E-state index in [-0.39, 0.29) is 0 Å². The molecule has 0 radical (unpaired) electrons. The standard InChI is InChI=1S/C21H33NSi/c1-15-10-9-11-16(2)20(15)18-12-17(13-21(3,4)5)19(14-22-18)23(6,7)8/h9-12,14,18,22H,13H2,1-8H3. The minimum Gasteiger partial charge on any atom is -0.381 e. The van der Waals surface area contributed by atoms with E-state index in [9.17, 15) is 0 Å². The average molecular weight is 328 g/mol. The molecule has 0 saturated heterocycles. The number of allylic oxidation sites excluding steroid dienone is 2. The van der Waals surface area contributed by atoms with Crippen molar-refractivity contribution in [1.82, 2.24) is 5.32 Å². The lowest BCUT2D eigenvalue weighted by molar-refractivity contribution is 0.410. The molecule has 23 heavy (non-hydrogen) atoms. The summed E-state index contributed by atoms with van der Waals surface area (Å²) in [7, 11) is -1.35. The van der Waals surface area contributed by atoms with Crippen LogP contribution in [0.1, 0.15) is 49.9 Å². The first-order valence-electron chi connectivity index (χ1n) is 8.73. The van der Waals surface area contributed by atoms with Crippen LogP contribution in [0.15, 0.2) is 41.2 Å². The summed E-state index contributed by atoms with van der Waals surface area (Å²) in [6.45, 7) is 18.8. The van der Waals surface area contributed by atoms with Crippen LogP contribution in [0.5, 0.6) is 0 Å². The first-order chi connectivity index (χ1) is 10.5. The number of hydrogen-bond donors (Lipinski definition) is 1. The molecule has 1 atom stereocenters. The van der Waals surface area contributed by atoms with E-state index in [0.29, 0.717) is 11.5 Å². The molecule has 0 aromatic heterocycles. The minimum atomic E-state index is -1.35. The molecule has 126 valence electrons. The van der Waals surface area contributed by atoms with Gasteiger partial charge in [0.2, 0.25) is 0 Å². The predicted molar refractivity (Wildman–Crippen MR) is 105 cm³/mol. The minimum absolute atomic E-state index is 0.300. The second-order valence-electron chi connectivity index (χ2n) is 9.19. The number of aryl methyl sites for hydroxylation is 2. The summed E-state index contributed by atoms with van der Waals surface area (Å²) in [4.78, 5) is 0. The third-order valence-electron chi connectivity index (χ3n) is 4.50. The molecular formula is C21H33NSi. The molecule has 2 rings (SSSR count). The Balaban J connectivity index is 2.45. The zero-order valence-corrected chi connectivity index (χ0v) is 17.2. The molecule has 1 heterocycles. The fourth-order valence-corrected chi connectivity index (χ4v) is 5.16. The average Bonchev–Trinajstić information content (AvgIpc) is 2.35. The Bertz CT molecular complexity index is 619. The predicted octanol–water partition coefficient (Wildman–Crippen LogP) is 6.07. The molecular weight excluding hydrogens is 294 g/mol. The van der Waals surface area contributed by atoms with Gasteiger partial charge < -0.3 is 5.32 Å². The Morgan fingerprint density at radius 3 is 2.09 bits per heavy atom. The van der Waals surface area contributed by atoms with Crippen LogP contribution < -0.4 is 5.32 Å². The fraction of sp³-hybridized carbons (Fsp3) is 0.524. The van der Waals surface area contributed by atoms with Crippen molar-refractivity contribution in [3.8, 4) is 0 Å². The van der Waals surface area contributed by atoms with Crippen molar-refractivity contribution >= 4 is 8.07 Å². The molecule has 0 aliphatic carbocycles. The second kappa shape index (κ2) is 6.31. The number of benzene rings is 1. The van der Waals surface area contributed by atoms with Crippen LogP contribution in [-0.2, 0) is 0 Å². The van der Waals surface area contributed by atoms with E-state index in [0.717, 1.165) is 6.42 Å². The van der Waals surface area contributed by atoms with Gasteiger partial charge in [0.05, 0.1) is 14.1 Å². The molecule has 1 aliphatic heterocycles. The monoisotopic (exact) mass is 327 g/mol. The van der Waals surface area contributed by atoms with Crippen molar-refractivity contribution in [3.05, 3.63) is 57.9 Å². The van der Waals surface area contributed by atoms with E-state index in [4.69, 9.17) is 0 Å². The van der Waals surface area contributed by atoms with E-state index in [2.05, 4.69) is 90.1 Å². The topological polar surface area (TPSA) is 12.0 Å². The summed E-state index contributed by atoms with van der Waals surface area (Å²) in [6.07, 6.45) is 5.96. The molecule has 0 spiro atoms. The number of nitrogens with one attached hydrogen (secondary N) is 1. The summed E-state index contributed by atoms with van der Waals surface area (Å²) >= 11 is 0. The van der Waals surface area contributed by atoms with Gasteiger partial charge in [0.15, 0.2) is 0 Å². The van der Waals surface area contributed by atoms with Crippen molar-refractivity contribution in [2.45, 2.75) is 66.7 Å². The lowest BCUT2D eigenvalue weighted by Gasteiger charge is -2.34. The highest BCUT2D eigenvalue weighted by atomic mass is 28.3. The van der Waals surface area contributed by atoms with E-state index in [1.807, 2.05) is 0 Å². The number of rotatable bonds is 3. The van der Waals surface area contributed by atoms with Crippen LogP contribution in [0.2, 0.25) is 19.6 Å². The van der Waals surface area contributed by atoms with E-state index in [1.165, 1.54) is 16.7 Å². The van der Waals surface area contributed by atoms with Crippen LogP contribution in [0.25, 0.3) is 0 Å². The van der Waals surface area contributed by atoms with Gasteiger partial charge in [-0.1, -0.05) is 64.7 Å². The molecule has 1 nitrogen and oxygen atoms in total. The van der Waals surface area contributed by atoms with Crippen molar-refractivity contribution in [1.29, 1.82) is 0 Å². The summed E-state index contributed by atoms with van der Waals surface area (Å²) in [6, 6.07) is 6.90. The smallest absolute Gasteiger partial charge is 0.0798 e. The number of dihydropyridines is 1. The summed E-state index contributed by atoms with van der Waals surface area (Å²) in [5.74, 6) is 0. The largest absolute Gasteiger partial charge is 0.381 e. The van der Waals surface area contributed by atoms with Crippen LogP contribution in [0.3, 0.4) is 0 Å². The molecule has 0 bridgehead atoms. The van der Waals surface area contributed by atoms with Crippen molar-refractivity contribution in [2.75, 3.05) is 0 Å². The third kappa shape index (κ3) is 4.38. The first-order valence-corrected chi connectivity index (χ1v) is 12.2. The Kier molecular flexibility index (Phi) is 4.96. The van der Waals surface area contributed by atoms with Crippen molar-refractivity contribution in [2.24, 2.45) is 5.41 Å². The molecule has 1 N–H and O–H groups in total.